The number of nitrogens with zero attached hydrogens (tertiary/aromatic N) is 1. The molecular weight excluding hydrogens is 282 g/mol. The fourth-order valence-electron chi connectivity index (χ4n) is 2.46. The number of amides is 1. The minimum absolute atomic E-state index is 0.0967. The maximum atomic E-state index is 12.7. The zero-order chi connectivity index (χ0) is 15.4. The van der Waals surface area contributed by atoms with Crippen LogP contribution in [0.5, 0.6) is 0 Å². The molecule has 4 heteroatoms. The Labute approximate surface area is 130 Å². The number of carbonyl (C=O) groups is 1. The van der Waals surface area contributed by atoms with Gasteiger partial charge < -0.3 is 10.0 Å². The molecule has 2 atom stereocenters. The summed E-state index contributed by atoms with van der Waals surface area (Å²) in [6, 6.07) is 5.84. The van der Waals surface area contributed by atoms with E-state index in [1.807, 2.05) is 41.8 Å². The third-order valence-corrected chi connectivity index (χ3v) is 5.26. The Morgan fingerprint density at radius 3 is 2.90 bits per heavy atom. The van der Waals surface area contributed by atoms with Crippen LogP contribution in [-0.4, -0.2) is 46.1 Å². The van der Waals surface area contributed by atoms with E-state index in [4.69, 9.17) is 5.11 Å². The monoisotopic (exact) mass is 303 g/mol. The van der Waals surface area contributed by atoms with E-state index in [0.717, 1.165) is 23.4 Å². The minimum atomic E-state index is -0.152. The van der Waals surface area contributed by atoms with Crippen LogP contribution in [0.1, 0.15) is 35.3 Å². The van der Waals surface area contributed by atoms with Gasteiger partial charge in [-0.15, -0.1) is 0 Å². The van der Waals surface area contributed by atoms with Crippen LogP contribution in [0.3, 0.4) is 0 Å². The van der Waals surface area contributed by atoms with Crippen molar-refractivity contribution in [3.63, 3.8) is 0 Å². The van der Waals surface area contributed by atoms with E-state index in [9.17, 15) is 4.79 Å². The topological polar surface area (TPSA) is 40.5 Å². The molecule has 0 radical (unpaired) electrons. The highest BCUT2D eigenvalue weighted by Gasteiger charge is 2.29. The Hall–Kier alpha value is -1.44. The lowest BCUT2D eigenvalue weighted by Gasteiger charge is -2.37. The van der Waals surface area contributed by atoms with Gasteiger partial charge in [-0.05, 0) is 37.6 Å². The Kier molecular flexibility index (Phi) is 5.33. The van der Waals surface area contributed by atoms with Gasteiger partial charge in [0.25, 0.3) is 5.91 Å². The van der Waals surface area contributed by atoms with Gasteiger partial charge >= 0.3 is 0 Å². The Bertz CT molecular complexity index is 588. The van der Waals surface area contributed by atoms with Crippen molar-refractivity contribution in [3.05, 3.63) is 34.9 Å². The molecule has 112 valence electrons. The quantitative estimate of drug-likeness (QED) is 0.809. The second-order valence-corrected chi connectivity index (χ2v) is 6.79. The van der Waals surface area contributed by atoms with Gasteiger partial charge in [0.2, 0.25) is 0 Å². The Morgan fingerprint density at radius 2 is 2.24 bits per heavy atom. The molecule has 1 heterocycles. The lowest BCUT2D eigenvalue weighted by Crippen LogP contribution is -2.47. The molecule has 0 aliphatic carbocycles. The molecule has 1 amide bonds. The number of thioether (sulfide) groups is 1. The van der Waals surface area contributed by atoms with Crippen LogP contribution in [0.4, 0.5) is 0 Å². The lowest BCUT2D eigenvalue weighted by atomic mass is 10.0. The normalized spacial score (nSPS) is 21.6. The molecule has 2 rings (SSSR count). The first-order chi connectivity index (χ1) is 10.0. The van der Waals surface area contributed by atoms with Gasteiger partial charge in [0.1, 0.15) is 6.61 Å². The van der Waals surface area contributed by atoms with Crippen molar-refractivity contribution in [1.29, 1.82) is 0 Å². The number of aliphatic hydroxyl groups excluding tert-OH is 1. The van der Waals surface area contributed by atoms with Gasteiger partial charge in [-0.1, -0.05) is 18.8 Å². The molecule has 1 aromatic carbocycles. The zero-order valence-corrected chi connectivity index (χ0v) is 13.5. The number of aliphatic hydroxyl groups is 1. The molecule has 3 nitrogen and oxygen atoms in total. The van der Waals surface area contributed by atoms with Crippen LogP contribution in [0.15, 0.2) is 18.2 Å². The second-order valence-electron chi connectivity index (χ2n) is 5.30. The largest absolute Gasteiger partial charge is 0.384 e. The number of carbonyl (C=O) groups excluding carboxylic acids is 1. The number of rotatable bonds is 1. The molecule has 1 aliphatic rings. The number of benzene rings is 1. The average Bonchev–Trinajstić information content (AvgIpc) is 2.48. The van der Waals surface area contributed by atoms with E-state index in [2.05, 4.69) is 25.7 Å². The SMILES string of the molecule is Cc1cc(C(=O)N2CCSC(C)C2C)ccc1C#CCO. The summed E-state index contributed by atoms with van der Waals surface area (Å²) >= 11 is 1.92. The molecule has 0 bridgehead atoms. The zero-order valence-electron chi connectivity index (χ0n) is 12.7. The summed E-state index contributed by atoms with van der Waals surface area (Å²) < 4.78 is 0. The van der Waals surface area contributed by atoms with Crippen molar-refractivity contribution < 1.29 is 9.90 Å². The molecule has 0 aromatic heterocycles. The summed E-state index contributed by atoms with van der Waals surface area (Å²) in [5.74, 6) is 6.63. The van der Waals surface area contributed by atoms with Crippen LogP contribution >= 0.6 is 11.8 Å². The first kappa shape index (κ1) is 15.9. The molecule has 1 aliphatic heterocycles. The van der Waals surface area contributed by atoms with E-state index >= 15 is 0 Å². The first-order valence-corrected chi connectivity index (χ1v) is 8.22. The smallest absolute Gasteiger partial charge is 0.254 e. The highest BCUT2D eigenvalue weighted by atomic mass is 32.2. The summed E-state index contributed by atoms with van der Waals surface area (Å²) in [7, 11) is 0. The molecular formula is C17H21NO2S. The van der Waals surface area contributed by atoms with Crippen LogP contribution in [0.25, 0.3) is 0 Å². The maximum absolute atomic E-state index is 12.7. The van der Waals surface area contributed by atoms with Gasteiger partial charge in [-0.2, -0.15) is 11.8 Å². The van der Waals surface area contributed by atoms with E-state index < -0.39 is 0 Å². The van der Waals surface area contributed by atoms with Crippen molar-refractivity contribution >= 4 is 17.7 Å². The van der Waals surface area contributed by atoms with Gasteiger partial charge in [0.05, 0.1) is 0 Å². The molecule has 21 heavy (non-hydrogen) atoms. The molecule has 2 unspecified atom stereocenters. The second kappa shape index (κ2) is 7.02. The molecule has 0 saturated carbocycles. The van der Waals surface area contributed by atoms with Gasteiger partial charge in [-0.3, -0.25) is 4.79 Å². The van der Waals surface area contributed by atoms with Crippen LogP contribution in [-0.2, 0) is 0 Å². The highest BCUT2D eigenvalue weighted by Crippen LogP contribution is 2.26. The highest BCUT2D eigenvalue weighted by molar-refractivity contribution is 8.00. The third-order valence-electron chi connectivity index (χ3n) is 3.92. The lowest BCUT2D eigenvalue weighted by molar-refractivity contribution is 0.0698. The number of hydrogen-bond acceptors (Lipinski definition) is 3. The van der Waals surface area contributed by atoms with Crippen molar-refractivity contribution in [2.75, 3.05) is 18.9 Å². The summed E-state index contributed by atoms with van der Waals surface area (Å²) in [6.45, 7) is 6.88. The summed E-state index contributed by atoms with van der Waals surface area (Å²) in [5, 5.41) is 9.22. The molecule has 1 aromatic rings. The van der Waals surface area contributed by atoms with Crippen molar-refractivity contribution in [3.8, 4) is 11.8 Å². The van der Waals surface area contributed by atoms with E-state index in [1.165, 1.54) is 0 Å². The standard InChI is InChI=1S/C17H21NO2S/c1-12-11-16(7-6-15(12)5-4-9-19)17(20)18-8-10-21-14(3)13(18)2/h6-7,11,13-14,19H,8-10H2,1-3H3. The van der Waals surface area contributed by atoms with Crippen molar-refractivity contribution in [1.82, 2.24) is 4.90 Å². The molecule has 0 spiro atoms. The van der Waals surface area contributed by atoms with Crippen molar-refractivity contribution in [2.45, 2.75) is 32.1 Å². The molecule has 1 N–H and O–H groups in total. The van der Waals surface area contributed by atoms with Crippen molar-refractivity contribution in [2.24, 2.45) is 0 Å². The predicted octanol–water partition coefficient (Wildman–Crippen LogP) is 2.30. The summed E-state index contributed by atoms with van der Waals surface area (Å²) in [4.78, 5) is 14.6. The fraction of sp³-hybridized carbons (Fsp3) is 0.471. The summed E-state index contributed by atoms with van der Waals surface area (Å²) in [5.41, 5.74) is 2.54. The summed E-state index contributed by atoms with van der Waals surface area (Å²) in [6.07, 6.45) is 0. The minimum Gasteiger partial charge on any atom is -0.384 e. The predicted molar refractivity (Wildman–Crippen MR) is 87.6 cm³/mol. The van der Waals surface area contributed by atoms with Gasteiger partial charge in [0.15, 0.2) is 0 Å². The Balaban J connectivity index is 2.21. The van der Waals surface area contributed by atoms with E-state index in [1.54, 1.807) is 0 Å². The molecule has 1 saturated heterocycles. The molecule has 1 fully saturated rings. The van der Waals surface area contributed by atoms with Crippen LogP contribution < -0.4 is 0 Å². The third kappa shape index (κ3) is 3.61. The van der Waals surface area contributed by atoms with E-state index in [0.29, 0.717) is 10.8 Å². The number of hydrogen-bond donors (Lipinski definition) is 1. The Morgan fingerprint density at radius 1 is 1.48 bits per heavy atom. The van der Waals surface area contributed by atoms with E-state index in [-0.39, 0.29) is 18.6 Å². The fourth-order valence-corrected chi connectivity index (χ4v) is 3.56. The maximum Gasteiger partial charge on any atom is 0.254 e. The van der Waals surface area contributed by atoms with Crippen LogP contribution in [0.2, 0.25) is 0 Å². The number of aryl methyl sites for hydroxylation is 1. The van der Waals surface area contributed by atoms with Gasteiger partial charge in [0, 0.05) is 34.7 Å². The van der Waals surface area contributed by atoms with Gasteiger partial charge in [-0.25, -0.2) is 0 Å². The first-order valence-electron chi connectivity index (χ1n) is 7.17. The van der Waals surface area contributed by atoms with Crippen LogP contribution in [0, 0.1) is 18.8 Å². The average molecular weight is 303 g/mol.